The van der Waals surface area contributed by atoms with Crippen molar-refractivity contribution < 1.29 is 13.2 Å². The van der Waals surface area contributed by atoms with Gasteiger partial charge >= 0.3 is 0 Å². The molecule has 2 aromatic carbocycles. The molecule has 1 aliphatic rings. The van der Waals surface area contributed by atoms with Crippen molar-refractivity contribution in [2.24, 2.45) is 0 Å². The van der Waals surface area contributed by atoms with Crippen LogP contribution >= 0.6 is 11.6 Å². The van der Waals surface area contributed by atoms with Crippen LogP contribution in [0.4, 0.5) is 11.4 Å². The van der Waals surface area contributed by atoms with E-state index >= 15 is 0 Å². The Balaban J connectivity index is 1.83. The van der Waals surface area contributed by atoms with Crippen LogP contribution < -0.4 is 9.62 Å². The van der Waals surface area contributed by atoms with Gasteiger partial charge in [0.15, 0.2) is 0 Å². The predicted octanol–water partition coefficient (Wildman–Crippen LogP) is 3.59. The summed E-state index contributed by atoms with van der Waals surface area (Å²) in [6, 6.07) is 14.5. The first-order chi connectivity index (χ1) is 12.0. The molecular weight excluding hydrogens is 360 g/mol. The number of anilines is 2. The summed E-state index contributed by atoms with van der Waals surface area (Å²) in [6.07, 6.45) is 1.56. The third-order valence-corrected chi connectivity index (χ3v) is 5.04. The normalized spacial score (nSPS) is 15.5. The van der Waals surface area contributed by atoms with Gasteiger partial charge in [-0.25, -0.2) is 8.42 Å². The fraction of sp³-hybridized carbons (Fsp3) is 0.222. The molecule has 132 valence electrons. The summed E-state index contributed by atoms with van der Waals surface area (Å²) in [7, 11) is -3.66. The molecule has 0 unspecified atom stereocenters. The SMILES string of the molecule is O=S(=O)(/C=C/c1ccccc1)Nc1cc(Cl)ccc1N1CCOCC1. The second-order valence-electron chi connectivity index (χ2n) is 5.62. The molecule has 0 bridgehead atoms. The van der Waals surface area contributed by atoms with E-state index in [1.807, 2.05) is 36.4 Å². The van der Waals surface area contributed by atoms with Crippen molar-refractivity contribution in [1.82, 2.24) is 0 Å². The van der Waals surface area contributed by atoms with Crippen LogP contribution in [0.5, 0.6) is 0 Å². The molecule has 0 saturated carbocycles. The van der Waals surface area contributed by atoms with Crippen LogP contribution in [0, 0.1) is 0 Å². The summed E-state index contributed by atoms with van der Waals surface area (Å²) < 4.78 is 32.8. The van der Waals surface area contributed by atoms with Crippen molar-refractivity contribution in [3.63, 3.8) is 0 Å². The van der Waals surface area contributed by atoms with Crippen LogP contribution in [0.1, 0.15) is 5.56 Å². The fourth-order valence-corrected chi connectivity index (χ4v) is 3.64. The lowest BCUT2D eigenvalue weighted by Gasteiger charge is -2.30. The third kappa shape index (κ3) is 4.98. The molecule has 0 aromatic heterocycles. The molecule has 1 N–H and O–H groups in total. The Hall–Kier alpha value is -2.02. The lowest BCUT2D eigenvalue weighted by molar-refractivity contribution is 0.123. The fourth-order valence-electron chi connectivity index (χ4n) is 2.59. The molecule has 1 saturated heterocycles. The highest BCUT2D eigenvalue weighted by atomic mass is 35.5. The molecule has 1 fully saturated rings. The first-order valence-electron chi connectivity index (χ1n) is 7.92. The van der Waals surface area contributed by atoms with Crippen molar-refractivity contribution in [3.05, 3.63) is 64.5 Å². The van der Waals surface area contributed by atoms with E-state index in [1.54, 1.807) is 18.2 Å². The molecule has 0 spiro atoms. The Kier molecular flexibility index (Phi) is 5.63. The Morgan fingerprint density at radius 3 is 2.52 bits per heavy atom. The van der Waals surface area contributed by atoms with Gasteiger partial charge in [-0.15, -0.1) is 0 Å². The van der Waals surface area contributed by atoms with E-state index in [4.69, 9.17) is 16.3 Å². The van der Waals surface area contributed by atoms with E-state index < -0.39 is 10.0 Å². The second-order valence-corrected chi connectivity index (χ2v) is 7.62. The zero-order valence-corrected chi connectivity index (χ0v) is 15.1. The number of hydrogen-bond donors (Lipinski definition) is 1. The van der Waals surface area contributed by atoms with Gasteiger partial charge in [0.1, 0.15) is 0 Å². The van der Waals surface area contributed by atoms with Gasteiger partial charge in [-0.1, -0.05) is 41.9 Å². The van der Waals surface area contributed by atoms with E-state index in [9.17, 15) is 8.42 Å². The summed E-state index contributed by atoms with van der Waals surface area (Å²) in [6.45, 7) is 2.64. The molecule has 3 rings (SSSR count). The van der Waals surface area contributed by atoms with Crippen molar-refractivity contribution in [2.45, 2.75) is 0 Å². The summed E-state index contributed by atoms with van der Waals surface area (Å²) >= 11 is 6.06. The Morgan fingerprint density at radius 1 is 1.08 bits per heavy atom. The van der Waals surface area contributed by atoms with E-state index in [2.05, 4.69) is 9.62 Å². The Bertz CT molecular complexity index is 848. The maximum Gasteiger partial charge on any atom is 0.255 e. The van der Waals surface area contributed by atoms with Gasteiger partial charge in [0.2, 0.25) is 0 Å². The van der Waals surface area contributed by atoms with E-state index in [1.165, 1.54) is 0 Å². The van der Waals surface area contributed by atoms with Crippen LogP contribution in [0.3, 0.4) is 0 Å². The number of hydrogen-bond acceptors (Lipinski definition) is 4. The largest absolute Gasteiger partial charge is 0.378 e. The molecule has 25 heavy (non-hydrogen) atoms. The highest BCUT2D eigenvalue weighted by Crippen LogP contribution is 2.30. The first-order valence-corrected chi connectivity index (χ1v) is 9.84. The average molecular weight is 379 g/mol. The molecule has 0 radical (unpaired) electrons. The van der Waals surface area contributed by atoms with Gasteiger partial charge in [0.05, 0.1) is 30.0 Å². The van der Waals surface area contributed by atoms with Crippen LogP contribution in [0.15, 0.2) is 53.9 Å². The lowest BCUT2D eigenvalue weighted by atomic mass is 10.2. The molecule has 0 aliphatic carbocycles. The van der Waals surface area contributed by atoms with E-state index in [0.717, 1.165) is 16.7 Å². The summed E-state index contributed by atoms with van der Waals surface area (Å²) in [4.78, 5) is 2.08. The van der Waals surface area contributed by atoms with Crippen molar-refractivity contribution in [2.75, 3.05) is 35.9 Å². The number of sulfonamides is 1. The maximum atomic E-state index is 12.4. The molecule has 1 aliphatic heterocycles. The molecule has 7 heteroatoms. The molecule has 1 heterocycles. The first kappa shape index (κ1) is 17.8. The van der Waals surface area contributed by atoms with Gasteiger partial charge < -0.3 is 9.64 Å². The number of morpholine rings is 1. The Labute approximate surface area is 152 Å². The minimum absolute atomic E-state index is 0.465. The average Bonchev–Trinajstić information content (AvgIpc) is 2.62. The molecular formula is C18H19ClN2O3S. The molecule has 5 nitrogen and oxygen atoms in total. The molecule has 0 atom stereocenters. The van der Waals surface area contributed by atoms with Gasteiger partial charge in [-0.3, -0.25) is 4.72 Å². The minimum Gasteiger partial charge on any atom is -0.378 e. The third-order valence-electron chi connectivity index (χ3n) is 3.80. The zero-order chi connectivity index (χ0) is 17.7. The zero-order valence-electron chi connectivity index (χ0n) is 13.6. The summed E-state index contributed by atoms with van der Waals surface area (Å²) in [5.74, 6) is 0. The molecule has 0 amide bonds. The smallest absolute Gasteiger partial charge is 0.255 e. The number of halogens is 1. The van der Waals surface area contributed by atoms with Crippen molar-refractivity contribution in [3.8, 4) is 0 Å². The lowest BCUT2D eigenvalue weighted by Crippen LogP contribution is -2.36. The van der Waals surface area contributed by atoms with E-state index in [0.29, 0.717) is 37.0 Å². The highest BCUT2D eigenvalue weighted by molar-refractivity contribution is 7.95. The van der Waals surface area contributed by atoms with Crippen molar-refractivity contribution in [1.29, 1.82) is 0 Å². The highest BCUT2D eigenvalue weighted by Gasteiger charge is 2.17. The Morgan fingerprint density at radius 2 is 1.80 bits per heavy atom. The summed E-state index contributed by atoms with van der Waals surface area (Å²) in [5, 5.41) is 1.63. The van der Waals surface area contributed by atoms with Crippen LogP contribution in [-0.2, 0) is 14.8 Å². The number of benzene rings is 2. The van der Waals surface area contributed by atoms with Crippen LogP contribution in [-0.4, -0.2) is 34.7 Å². The number of ether oxygens (including phenoxy) is 1. The van der Waals surface area contributed by atoms with E-state index in [-0.39, 0.29) is 0 Å². The molecule has 2 aromatic rings. The predicted molar refractivity (Wildman–Crippen MR) is 103 cm³/mol. The van der Waals surface area contributed by atoms with Crippen LogP contribution in [0.2, 0.25) is 5.02 Å². The van der Waals surface area contributed by atoms with Crippen molar-refractivity contribution >= 4 is 39.1 Å². The quantitative estimate of drug-likeness (QED) is 0.863. The minimum atomic E-state index is -3.66. The standard InChI is InChI=1S/C18H19ClN2O3S/c19-16-6-7-18(21-9-11-24-12-10-21)17(14-16)20-25(22,23)13-8-15-4-2-1-3-5-15/h1-8,13-14,20H,9-12H2/b13-8+. The number of nitrogens with one attached hydrogen (secondary N) is 1. The van der Waals surface area contributed by atoms with Gasteiger partial charge in [-0.05, 0) is 29.8 Å². The number of rotatable bonds is 5. The van der Waals surface area contributed by atoms with Crippen LogP contribution in [0.25, 0.3) is 6.08 Å². The monoisotopic (exact) mass is 378 g/mol. The van der Waals surface area contributed by atoms with Gasteiger partial charge in [0, 0.05) is 18.1 Å². The van der Waals surface area contributed by atoms with Gasteiger partial charge in [-0.2, -0.15) is 0 Å². The van der Waals surface area contributed by atoms with Gasteiger partial charge in [0.25, 0.3) is 10.0 Å². The maximum absolute atomic E-state index is 12.4. The summed E-state index contributed by atoms with van der Waals surface area (Å²) in [5.41, 5.74) is 2.07. The number of nitrogens with zero attached hydrogens (tertiary/aromatic N) is 1. The topological polar surface area (TPSA) is 58.6 Å². The second kappa shape index (κ2) is 7.91.